The molecule has 2 atom stereocenters. The highest BCUT2D eigenvalue weighted by molar-refractivity contribution is 7.15. The van der Waals surface area contributed by atoms with Crippen LogP contribution in [0.1, 0.15) is 71.2 Å². The summed E-state index contributed by atoms with van der Waals surface area (Å²) in [5, 5.41) is 12.2. The van der Waals surface area contributed by atoms with Gasteiger partial charge in [-0.3, -0.25) is 24.6 Å². The molecule has 0 aromatic carbocycles. The summed E-state index contributed by atoms with van der Waals surface area (Å²) in [7, 11) is 0. The van der Waals surface area contributed by atoms with Crippen LogP contribution in [0.2, 0.25) is 0 Å². The van der Waals surface area contributed by atoms with Gasteiger partial charge in [-0.1, -0.05) is 46.0 Å². The fraction of sp³-hybridized carbons (Fsp3) is 0.737. The number of carbonyl (C=O) groups excluding carboxylic acids is 3. The fourth-order valence-electron chi connectivity index (χ4n) is 4.44. The molecule has 1 saturated heterocycles. The highest BCUT2D eigenvalue weighted by atomic mass is 32.1. The van der Waals surface area contributed by atoms with Crippen molar-refractivity contribution in [1.29, 1.82) is 0 Å². The Bertz CT molecular complexity index is 771. The number of nitrogens with zero attached hydrogens (tertiary/aromatic N) is 3. The smallest absolute Gasteiger partial charge is 0.246 e. The lowest BCUT2D eigenvalue weighted by atomic mass is 9.62. The Morgan fingerprint density at radius 3 is 2.56 bits per heavy atom. The highest BCUT2D eigenvalue weighted by Crippen LogP contribution is 2.59. The third-order valence-electron chi connectivity index (χ3n) is 6.83. The molecule has 0 radical (unpaired) electrons. The van der Waals surface area contributed by atoms with Gasteiger partial charge in [-0.15, -0.1) is 10.2 Å². The first-order valence-electron chi connectivity index (χ1n) is 9.64. The molecule has 1 N–H and O–H groups in total. The van der Waals surface area contributed by atoms with Gasteiger partial charge in [0.1, 0.15) is 11.6 Å². The molecule has 2 heterocycles. The van der Waals surface area contributed by atoms with Crippen LogP contribution in [-0.4, -0.2) is 39.4 Å². The molecular weight excluding hydrogens is 364 g/mol. The van der Waals surface area contributed by atoms with E-state index in [1.165, 1.54) is 11.3 Å². The van der Waals surface area contributed by atoms with Gasteiger partial charge in [0.15, 0.2) is 0 Å². The second-order valence-electron chi connectivity index (χ2n) is 8.38. The van der Waals surface area contributed by atoms with Crippen molar-refractivity contribution in [2.24, 2.45) is 16.7 Å². The molecule has 1 aliphatic carbocycles. The fourth-order valence-corrected chi connectivity index (χ4v) is 5.47. The van der Waals surface area contributed by atoms with Crippen LogP contribution in [-0.2, 0) is 14.4 Å². The van der Waals surface area contributed by atoms with Crippen LogP contribution in [0.15, 0.2) is 0 Å². The summed E-state index contributed by atoms with van der Waals surface area (Å²) in [6.07, 6.45) is 3.31. The molecule has 2 fully saturated rings. The summed E-state index contributed by atoms with van der Waals surface area (Å²) in [6, 6.07) is 0. The van der Waals surface area contributed by atoms with E-state index in [9.17, 15) is 14.4 Å². The molecule has 7 nitrogen and oxygen atoms in total. The first kappa shape index (κ1) is 19.9. The predicted molar refractivity (Wildman–Crippen MR) is 103 cm³/mol. The molecule has 1 aromatic heterocycles. The van der Waals surface area contributed by atoms with Gasteiger partial charge >= 0.3 is 0 Å². The average molecular weight is 393 g/mol. The SMILES string of the molecule is CCC(CC)c1nnc(NC(=O)CN2C(=O)C3CCC(C)(C2=O)C3(C)C)s1. The van der Waals surface area contributed by atoms with E-state index in [4.69, 9.17) is 0 Å². The Labute approximate surface area is 163 Å². The van der Waals surface area contributed by atoms with Crippen molar-refractivity contribution in [3.8, 4) is 0 Å². The molecule has 3 rings (SSSR count). The topological polar surface area (TPSA) is 92.3 Å². The third-order valence-corrected chi connectivity index (χ3v) is 7.83. The van der Waals surface area contributed by atoms with Gasteiger partial charge in [-0.25, -0.2) is 0 Å². The lowest BCUT2D eigenvalue weighted by Gasteiger charge is -2.47. The molecule has 1 aromatic rings. The number of hydrogen-bond donors (Lipinski definition) is 1. The number of rotatable bonds is 6. The lowest BCUT2D eigenvalue weighted by molar-refractivity contribution is -0.168. The standard InChI is InChI=1S/C19H28N4O3S/c1-6-11(7-2)14-21-22-17(27-14)20-13(24)10-23-15(25)12-8-9-19(5,16(23)26)18(12,3)4/h11-12H,6-10H2,1-5H3,(H,20,22,24). The molecule has 2 bridgehead atoms. The molecule has 27 heavy (non-hydrogen) atoms. The van der Waals surface area contributed by atoms with E-state index in [1.54, 1.807) is 0 Å². The van der Waals surface area contributed by atoms with Crippen LogP contribution >= 0.6 is 11.3 Å². The Kier molecular flexibility index (Phi) is 5.14. The van der Waals surface area contributed by atoms with Gasteiger partial charge in [0.25, 0.3) is 0 Å². The number of aromatic nitrogens is 2. The van der Waals surface area contributed by atoms with Crippen LogP contribution in [0, 0.1) is 16.7 Å². The van der Waals surface area contributed by atoms with Gasteiger partial charge in [0, 0.05) is 11.8 Å². The molecule has 2 aliphatic rings. The summed E-state index contributed by atoms with van der Waals surface area (Å²) in [5.74, 6) is -0.764. The maximum atomic E-state index is 13.0. The zero-order valence-electron chi connectivity index (χ0n) is 16.7. The molecule has 8 heteroatoms. The minimum Gasteiger partial charge on any atom is -0.299 e. The average Bonchev–Trinajstić information content (AvgIpc) is 3.13. The molecule has 0 spiro atoms. The first-order valence-corrected chi connectivity index (χ1v) is 10.5. The summed E-state index contributed by atoms with van der Waals surface area (Å²) in [6.45, 7) is 9.81. The Balaban J connectivity index is 1.70. The number of hydrogen-bond acceptors (Lipinski definition) is 6. The minimum atomic E-state index is -0.600. The predicted octanol–water partition coefficient (Wildman–Crippen LogP) is 3.19. The second-order valence-corrected chi connectivity index (χ2v) is 9.39. The van der Waals surface area contributed by atoms with E-state index < -0.39 is 11.3 Å². The van der Waals surface area contributed by atoms with Crippen molar-refractivity contribution in [2.75, 3.05) is 11.9 Å². The molecule has 3 amide bonds. The second kappa shape index (κ2) is 6.96. The maximum absolute atomic E-state index is 13.0. The maximum Gasteiger partial charge on any atom is 0.246 e. The molecule has 1 saturated carbocycles. The van der Waals surface area contributed by atoms with E-state index in [1.807, 2.05) is 20.8 Å². The van der Waals surface area contributed by atoms with E-state index in [0.717, 1.165) is 22.7 Å². The number of carbonyl (C=O) groups is 3. The Hall–Kier alpha value is -1.83. The monoisotopic (exact) mass is 392 g/mol. The van der Waals surface area contributed by atoms with Crippen molar-refractivity contribution in [2.45, 2.75) is 66.2 Å². The van der Waals surface area contributed by atoms with Gasteiger partial charge in [0.05, 0.1) is 5.41 Å². The number of piperidine rings is 1. The van der Waals surface area contributed by atoms with E-state index in [-0.39, 0.29) is 29.7 Å². The Morgan fingerprint density at radius 2 is 1.93 bits per heavy atom. The summed E-state index contributed by atoms with van der Waals surface area (Å²) in [5.41, 5.74) is -0.977. The van der Waals surface area contributed by atoms with E-state index in [2.05, 4.69) is 29.4 Å². The molecular formula is C19H28N4O3S. The van der Waals surface area contributed by atoms with Gasteiger partial charge in [-0.2, -0.15) is 0 Å². The van der Waals surface area contributed by atoms with E-state index in [0.29, 0.717) is 23.9 Å². The van der Waals surface area contributed by atoms with Crippen LogP contribution in [0.25, 0.3) is 0 Å². The highest BCUT2D eigenvalue weighted by Gasteiger charge is 2.64. The van der Waals surface area contributed by atoms with Gasteiger partial charge in [0.2, 0.25) is 22.9 Å². The quantitative estimate of drug-likeness (QED) is 0.751. The van der Waals surface area contributed by atoms with Gasteiger partial charge in [-0.05, 0) is 31.1 Å². The molecule has 2 unspecified atom stereocenters. The van der Waals surface area contributed by atoms with Crippen LogP contribution in [0.3, 0.4) is 0 Å². The number of anilines is 1. The van der Waals surface area contributed by atoms with Crippen molar-refractivity contribution in [1.82, 2.24) is 15.1 Å². The summed E-state index contributed by atoms with van der Waals surface area (Å²) in [4.78, 5) is 39.4. The van der Waals surface area contributed by atoms with Crippen LogP contribution < -0.4 is 5.32 Å². The molecule has 148 valence electrons. The van der Waals surface area contributed by atoms with Gasteiger partial charge < -0.3 is 0 Å². The Morgan fingerprint density at radius 1 is 1.26 bits per heavy atom. The van der Waals surface area contributed by atoms with Crippen molar-refractivity contribution < 1.29 is 14.4 Å². The number of nitrogens with one attached hydrogen (secondary N) is 1. The number of amides is 3. The largest absolute Gasteiger partial charge is 0.299 e. The summed E-state index contributed by atoms with van der Waals surface area (Å²) >= 11 is 1.35. The third kappa shape index (κ3) is 3.07. The normalized spacial score (nSPS) is 26.7. The number of fused-ring (bicyclic) bond motifs is 2. The minimum absolute atomic E-state index is 0.212. The lowest BCUT2D eigenvalue weighted by Crippen LogP contribution is -2.60. The molecule has 1 aliphatic heterocycles. The zero-order valence-corrected chi connectivity index (χ0v) is 17.5. The zero-order chi connectivity index (χ0) is 20.0. The van der Waals surface area contributed by atoms with Crippen molar-refractivity contribution >= 4 is 34.2 Å². The van der Waals surface area contributed by atoms with E-state index >= 15 is 0 Å². The van der Waals surface area contributed by atoms with Crippen LogP contribution in [0.5, 0.6) is 0 Å². The number of imide groups is 1. The van der Waals surface area contributed by atoms with Crippen LogP contribution in [0.4, 0.5) is 5.13 Å². The number of likely N-dealkylation sites (tertiary alicyclic amines) is 1. The van der Waals surface area contributed by atoms with Crippen molar-refractivity contribution in [3.05, 3.63) is 5.01 Å². The first-order chi connectivity index (χ1) is 12.7. The van der Waals surface area contributed by atoms with Crippen molar-refractivity contribution in [3.63, 3.8) is 0 Å². The summed E-state index contributed by atoms with van der Waals surface area (Å²) < 4.78 is 0.